The maximum absolute atomic E-state index is 11.9. The standard InChI is InChI=1S/C14H27NO4Si/c1-18-13(16)11-12-5-7-15(8-6-12)14(17)19-9-10-20(2,3)4/h12H,5-11H2,1-4H3. The highest BCUT2D eigenvalue weighted by atomic mass is 28.3. The summed E-state index contributed by atoms with van der Waals surface area (Å²) in [6, 6.07) is 0.998. The highest BCUT2D eigenvalue weighted by Crippen LogP contribution is 2.21. The molecule has 0 bridgehead atoms. The molecule has 1 heterocycles. The second-order valence-corrected chi connectivity index (χ2v) is 12.3. The van der Waals surface area contributed by atoms with Crippen LogP contribution < -0.4 is 0 Å². The summed E-state index contributed by atoms with van der Waals surface area (Å²) in [6.45, 7) is 8.66. The van der Waals surface area contributed by atoms with Crippen molar-refractivity contribution in [3.8, 4) is 0 Å². The van der Waals surface area contributed by atoms with Gasteiger partial charge in [-0.3, -0.25) is 4.79 Å². The van der Waals surface area contributed by atoms with Crippen LogP contribution in [0.4, 0.5) is 4.79 Å². The first-order valence-electron chi connectivity index (χ1n) is 7.30. The summed E-state index contributed by atoms with van der Waals surface area (Å²) in [4.78, 5) is 24.9. The quantitative estimate of drug-likeness (QED) is 0.579. The molecule has 1 saturated heterocycles. The van der Waals surface area contributed by atoms with Gasteiger partial charge in [-0.05, 0) is 24.8 Å². The van der Waals surface area contributed by atoms with Gasteiger partial charge in [0.25, 0.3) is 0 Å². The molecule has 1 aliphatic heterocycles. The SMILES string of the molecule is COC(=O)CC1CCN(C(=O)OCC[Si](C)(C)C)CC1. The Morgan fingerprint density at radius 1 is 1.20 bits per heavy atom. The summed E-state index contributed by atoms with van der Waals surface area (Å²) < 4.78 is 10.00. The largest absolute Gasteiger partial charge is 0.469 e. The lowest BCUT2D eigenvalue weighted by Gasteiger charge is -2.31. The second-order valence-electron chi connectivity index (χ2n) is 6.64. The molecule has 0 aromatic carbocycles. The van der Waals surface area contributed by atoms with E-state index in [1.807, 2.05) is 0 Å². The Balaban J connectivity index is 2.23. The number of esters is 1. The topological polar surface area (TPSA) is 55.8 Å². The van der Waals surface area contributed by atoms with E-state index in [9.17, 15) is 9.59 Å². The Morgan fingerprint density at radius 3 is 2.30 bits per heavy atom. The van der Waals surface area contributed by atoms with Gasteiger partial charge in [0.2, 0.25) is 0 Å². The zero-order valence-electron chi connectivity index (χ0n) is 13.1. The summed E-state index contributed by atoms with van der Waals surface area (Å²) in [5.41, 5.74) is 0. The van der Waals surface area contributed by atoms with Crippen LogP contribution in [-0.2, 0) is 14.3 Å². The van der Waals surface area contributed by atoms with Crippen molar-refractivity contribution >= 4 is 20.1 Å². The number of rotatable bonds is 5. The summed E-state index contributed by atoms with van der Waals surface area (Å²) in [5, 5.41) is 0. The molecule has 0 aromatic heterocycles. The molecule has 0 saturated carbocycles. The third kappa shape index (κ3) is 6.41. The van der Waals surface area contributed by atoms with Crippen LogP contribution in [0.5, 0.6) is 0 Å². The lowest BCUT2D eigenvalue weighted by Crippen LogP contribution is -2.39. The number of hydrogen-bond donors (Lipinski definition) is 0. The Hall–Kier alpha value is -1.04. The summed E-state index contributed by atoms with van der Waals surface area (Å²) >= 11 is 0. The molecule has 1 aliphatic rings. The maximum atomic E-state index is 11.9. The molecule has 1 amide bonds. The predicted octanol–water partition coefficient (Wildman–Crippen LogP) is 2.74. The average molecular weight is 301 g/mol. The smallest absolute Gasteiger partial charge is 0.409 e. The van der Waals surface area contributed by atoms with E-state index < -0.39 is 8.07 Å². The van der Waals surface area contributed by atoms with E-state index in [0.29, 0.717) is 32.0 Å². The molecule has 0 radical (unpaired) electrons. The number of ether oxygens (including phenoxy) is 2. The average Bonchev–Trinajstić information content (AvgIpc) is 2.37. The van der Waals surface area contributed by atoms with Crippen LogP contribution in [-0.4, -0.2) is 51.8 Å². The van der Waals surface area contributed by atoms with Crippen molar-refractivity contribution in [3.63, 3.8) is 0 Å². The van der Waals surface area contributed by atoms with Crippen LogP contribution in [0.1, 0.15) is 19.3 Å². The van der Waals surface area contributed by atoms with E-state index in [2.05, 4.69) is 24.4 Å². The van der Waals surface area contributed by atoms with E-state index in [0.717, 1.165) is 18.9 Å². The zero-order chi connectivity index (χ0) is 15.2. The number of nitrogens with zero attached hydrogens (tertiary/aromatic N) is 1. The fraction of sp³-hybridized carbons (Fsp3) is 0.857. The molecule has 116 valence electrons. The number of carbonyl (C=O) groups excluding carboxylic acids is 2. The molecule has 20 heavy (non-hydrogen) atoms. The number of amides is 1. The van der Waals surface area contributed by atoms with Crippen LogP contribution in [0.2, 0.25) is 25.7 Å². The van der Waals surface area contributed by atoms with Gasteiger partial charge in [-0.15, -0.1) is 0 Å². The van der Waals surface area contributed by atoms with Gasteiger partial charge in [0.1, 0.15) is 0 Å². The van der Waals surface area contributed by atoms with Gasteiger partial charge in [-0.2, -0.15) is 0 Å². The molecule has 0 aliphatic carbocycles. The summed E-state index contributed by atoms with van der Waals surface area (Å²) in [5.74, 6) is 0.162. The fourth-order valence-corrected chi connectivity index (χ4v) is 2.89. The number of methoxy groups -OCH3 is 1. The molecule has 0 aromatic rings. The van der Waals surface area contributed by atoms with E-state index in [1.165, 1.54) is 7.11 Å². The lowest BCUT2D eigenvalue weighted by atomic mass is 9.94. The van der Waals surface area contributed by atoms with Gasteiger partial charge in [0, 0.05) is 27.6 Å². The molecule has 0 atom stereocenters. The number of likely N-dealkylation sites (tertiary alicyclic amines) is 1. The Morgan fingerprint density at radius 2 is 1.80 bits per heavy atom. The van der Waals surface area contributed by atoms with Crippen LogP contribution in [0.25, 0.3) is 0 Å². The molecule has 5 nitrogen and oxygen atoms in total. The van der Waals surface area contributed by atoms with Gasteiger partial charge >= 0.3 is 12.1 Å². The van der Waals surface area contributed by atoms with Crippen molar-refractivity contribution < 1.29 is 19.1 Å². The molecule has 0 unspecified atom stereocenters. The minimum absolute atomic E-state index is 0.166. The van der Waals surface area contributed by atoms with Crippen LogP contribution in [0.3, 0.4) is 0 Å². The third-order valence-electron chi connectivity index (χ3n) is 3.63. The second kappa shape index (κ2) is 7.66. The fourth-order valence-electron chi connectivity index (χ4n) is 2.17. The lowest BCUT2D eigenvalue weighted by molar-refractivity contribution is -0.142. The highest BCUT2D eigenvalue weighted by Gasteiger charge is 2.25. The molecule has 1 rings (SSSR count). The normalized spacial score (nSPS) is 16.9. The summed E-state index contributed by atoms with van der Waals surface area (Å²) in [7, 11) is 0.256. The predicted molar refractivity (Wildman–Crippen MR) is 80.4 cm³/mol. The monoisotopic (exact) mass is 301 g/mol. The first-order valence-corrected chi connectivity index (χ1v) is 11.0. The first-order chi connectivity index (χ1) is 9.31. The van der Waals surface area contributed by atoms with Crippen molar-refractivity contribution in [1.82, 2.24) is 4.90 Å². The van der Waals surface area contributed by atoms with E-state index in [4.69, 9.17) is 4.74 Å². The minimum atomic E-state index is -1.15. The minimum Gasteiger partial charge on any atom is -0.469 e. The van der Waals surface area contributed by atoms with E-state index in [-0.39, 0.29) is 12.1 Å². The third-order valence-corrected chi connectivity index (χ3v) is 5.34. The van der Waals surface area contributed by atoms with Gasteiger partial charge in [0.05, 0.1) is 13.7 Å². The molecular formula is C14H27NO4Si. The molecule has 6 heteroatoms. The Bertz CT molecular complexity index is 333. The van der Waals surface area contributed by atoms with Gasteiger partial charge < -0.3 is 14.4 Å². The van der Waals surface area contributed by atoms with Crippen molar-refractivity contribution in [2.24, 2.45) is 5.92 Å². The molecule has 1 fully saturated rings. The number of piperidine rings is 1. The molecule has 0 N–H and O–H groups in total. The van der Waals surface area contributed by atoms with Crippen molar-refractivity contribution in [3.05, 3.63) is 0 Å². The number of hydrogen-bond acceptors (Lipinski definition) is 4. The van der Waals surface area contributed by atoms with Crippen LogP contribution >= 0.6 is 0 Å². The molecule has 0 spiro atoms. The van der Waals surface area contributed by atoms with Gasteiger partial charge in [0.15, 0.2) is 0 Å². The van der Waals surface area contributed by atoms with Crippen molar-refractivity contribution in [2.45, 2.75) is 44.9 Å². The Kier molecular flexibility index (Phi) is 6.52. The molecular weight excluding hydrogens is 274 g/mol. The van der Waals surface area contributed by atoms with Crippen molar-refractivity contribution in [1.29, 1.82) is 0 Å². The number of carbonyl (C=O) groups is 2. The Labute approximate surface area is 122 Å². The van der Waals surface area contributed by atoms with Gasteiger partial charge in [-0.25, -0.2) is 4.79 Å². The zero-order valence-corrected chi connectivity index (χ0v) is 14.1. The highest BCUT2D eigenvalue weighted by molar-refractivity contribution is 6.76. The van der Waals surface area contributed by atoms with Crippen molar-refractivity contribution in [2.75, 3.05) is 26.8 Å². The van der Waals surface area contributed by atoms with E-state index in [1.54, 1.807) is 4.90 Å². The van der Waals surface area contributed by atoms with Gasteiger partial charge in [-0.1, -0.05) is 19.6 Å². The van der Waals surface area contributed by atoms with Crippen LogP contribution in [0.15, 0.2) is 0 Å². The van der Waals surface area contributed by atoms with Crippen LogP contribution in [0, 0.1) is 5.92 Å². The van der Waals surface area contributed by atoms with E-state index >= 15 is 0 Å². The summed E-state index contributed by atoms with van der Waals surface area (Å²) in [6.07, 6.45) is 1.94. The maximum Gasteiger partial charge on any atom is 0.409 e. The first kappa shape index (κ1) is 17.0.